The summed E-state index contributed by atoms with van der Waals surface area (Å²) in [6.45, 7) is 18.5. The largest absolute Gasteiger partial charge is 0.462 e. The van der Waals surface area contributed by atoms with Crippen molar-refractivity contribution in [2.75, 3.05) is 82.9 Å². The van der Waals surface area contributed by atoms with Gasteiger partial charge in [-0.25, -0.2) is 11.0 Å². The Labute approximate surface area is 263 Å². The van der Waals surface area contributed by atoms with Crippen LogP contribution in [-0.4, -0.2) is 121 Å². The second kappa shape index (κ2) is 12.9. The Morgan fingerprint density at radius 2 is 2.00 bits per heavy atom. The van der Waals surface area contributed by atoms with Crippen LogP contribution in [0.5, 0.6) is 6.01 Å². The van der Waals surface area contributed by atoms with E-state index < -0.39 is 17.8 Å². The van der Waals surface area contributed by atoms with Gasteiger partial charge in [-0.1, -0.05) is 24.8 Å². The number of benzene rings is 1. The van der Waals surface area contributed by atoms with Crippen molar-refractivity contribution in [2.45, 2.75) is 32.0 Å². The number of halogens is 1. The highest BCUT2D eigenvalue weighted by molar-refractivity contribution is 5.96. The number of pyridine rings is 1. The van der Waals surface area contributed by atoms with E-state index in [1.165, 1.54) is 15.8 Å². The van der Waals surface area contributed by atoms with Crippen molar-refractivity contribution in [1.29, 1.82) is 0 Å². The maximum Gasteiger partial charge on any atom is 0.318 e. The molecule has 0 radical (unpaired) electrons. The normalized spacial score (nSPS) is 18.9. The minimum Gasteiger partial charge on any atom is -0.462 e. The van der Waals surface area contributed by atoms with E-state index in [0.29, 0.717) is 44.7 Å². The van der Waals surface area contributed by atoms with Gasteiger partial charge in [-0.05, 0) is 33.0 Å². The fraction of sp³-hybridized carbons (Fsp3) is 0.485. The van der Waals surface area contributed by atoms with Gasteiger partial charge < -0.3 is 29.2 Å². The van der Waals surface area contributed by atoms with Crippen LogP contribution in [0, 0.1) is 13.5 Å². The number of rotatable bonds is 9. The average Bonchev–Trinajstić information content (AvgIpc) is 3.02. The lowest BCUT2D eigenvalue weighted by Gasteiger charge is -2.42. The van der Waals surface area contributed by atoms with Crippen molar-refractivity contribution in [2.24, 2.45) is 0 Å². The number of likely N-dealkylation sites (tertiary alicyclic amines) is 1. The molecule has 0 aliphatic carbocycles. The molecular weight excluding hydrogens is 573 g/mol. The second-order valence-electron chi connectivity index (χ2n) is 12.3. The van der Waals surface area contributed by atoms with Gasteiger partial charge >= 0.3 is 6.01 Å². The molecule has 1 amide bonds. The van der Waals surface area contributed by atoms with Crippen LogP contribution in [0.4, 0.5) is 15.9 Å². The third-order valence-electron chi connectivity index (χ3n) is 9.26. The second-order valence-corrected chi connectivity index (χ2v) is 12.3. The van der Waals surface area contributed by atoms with Gasteiger partial charge in [0.1, 0.15) is 18.5 Å². The maximum absolute atomic E-state index is 13.8. The molecule has 0 spiro atoms. The highest BCUT2D eigenvalue weighted by Gasteiger charge is 2.36. The van der Waals surface area contributed by atoms with Gasteiger partial charge in [-0.15, -0.1) is 0 Å². The van der Waals surface area contributed by atoms with Crippen molar-refractivity contribution in [3.05, 3.63) is 71.2 Å². The van der Waals surface area contributed by atoms with Crippen molar-refractivity contribution >= 4 is 28.2 Å². The molecule has 45 heavy (non-hydrogen) atoms. The first kappa shape index (κ1) is 30.7. The summed E-state index contributed by atoms with van der Waals surface area (Å²) in [6.07, 6.45) is 4.54. The first-order chi connectivity index (χ1) is 21.7. The number of aryl methyl sites for hydroxylation is 1. The number of fused-ring (bicyclic) bond motifs is 2. The fourth-order valence-electron chi connectivity index (χ4n) is 6.70. The van der Waals surface area contributed by atoms with Crippen LogP contribution in [0.1, 0.15) is 16.8 Å². The fourth-order valence-corrected chi connectivity index (χ4v) is 6.70. The quantitative estimate of drug-likeness (QED) is 0.267. The van der Waals surface area contributed by atoms with E-state index in [1.807, 2.05) is 12.4 Å². The zero-order chi connectivity index (χ0) is 31.7. The summed E-state index contributed by atoms with van der Waals surface area (Å²) in [5.74, 6) is -1.00. The molecule has 6 rings (SSSR count). The van der Waals surface area contributed by atoms with E-state index in [0.717, 1.165) is 54.3 Å². The minimum atomic E-state index is -1.01. The van der Waals surface area contributed by atoms with Crippen molar-refractivity contribution in [3.63, 3.8) is 0 Å². The van der Waals surface area contributed by atoms with Crippen LogP contribution in [0.15, 0.2) is 43.0 Å². The molecular formula is C33H40FN9O2. The molecule has 2 fully saturated rings. The van der Waals surface area contributed by atoms with Gasteiger partial charge in [0.25, 0.3) is 5.91 Å². The minimum absolute atomic E-state index is 0.0655. The zero-order valence-electron chi connectivity index (χ0n) is 26.2. The predicted molar refractivity (Wildman–Crippen MR) is 172 cm³/mol. The topological polar surface area (TPSA) is 85.5 Å². The molecule has 3 aliphatic rings. The van der Waals surface area contributed by atoms with E-state index in [2.05, 4.69) is 75.2 Å². The van der Waals surface area contributed by atoms with Crippen molar-refractivity contribution < 1.29 is 13.9 Å². The Bertz CT molecular complexity index is 1630. The SMILES string of the molecule is [C-]#[N+]C[C@H]1CN(c2nc(OCCN(C)C3CN(C)C3)nc3c2CCN(c2cncc4cccc(C)c24)C3)CCN1C(=O)C(=C)F. The summed E-state index contributed by atoms with van der Waals surface area (Å²) < 4.78 is 20.0. The number of nitrogens with zero attached hydrogens (tertiary/aromatic N) is 9. The van der Waals surface area contributed by atoms with Crippen LogP contribution in [-0.2, 0) is 17.8 Å². The summed E-state index contributed by atoms with van der Waals surface area (Å²) in [5, 5.41) is 2.28. The number of amides is 1. The van der Waals surface area contributed by atoms with E-state index in [9.17, 15) is 9.18 Å². The number of hydrogen-bond donors (Lipinski definition) is 0. The van der Waals surface area contributed by atoms with Crippen LogP contribution in [0.2, 0.25) is 0 Å². The number of carbonyl (C=O) groups is 1. The molecule has 2 aromatic heterocycles. The molecule has 11 nitrogen and oxygen atoms in total. The summed E-state index contributed by atoms with van der Waals surface area (Å²) in [4.78, 5) is 40.9. The number of ether oxygens (including phenoxy) is 1. The lowest BCUT2D eigenvalue weighted by Crippen LogP contribution is -2.57. The van der Waals surface area contributed by atoms with Crippen LogP contribution >= 0.6 is 0 Å². The smallest absolute Gasteiger partial charge is 0.318 e. The molecule has 3 aliphatic heterocycles. The molecule has 0 unspecified atom stereocenters. The highest BCUT2D eigenvalue weighted by Crippen LogP contribution is 2.35. The van der Waals surface area contributed by atoms with Gasteiger partial charge in [0.15, 0.2) is 5.83 Å². The first-order valence-electron chi connectivity index (χ1n) is 15.5. The monoisotopic (exact) mass is 613 g/mol. The summed E-state index contributed by atoms with van der Waals surface area (Å²) in [7, 11) is 4.23. The van der Waals surface area contributed by atoms with Crippen molar-refractivity contribution in [3.8, 4) is 6.01 Å². The van der Waals surface area contributed by atoms with Crippen LogP contribution < -0.4 is 14.5 Å². The molecule has 3 aromatic rings. The van der Waals surface area contributed by atoms with Crippen LogP contribution in [0.3, 0.4) is 0 Å². The molecule has 0 N–H and O–H groups in total. The molecule has 12 heteroatoms. The highest BCUT2D eigenvalue weighted by atomic mass is 19.1. The molecule has 1 atom stereocenters. The van der Waals surface area contributed by atoms with E-state index in [4.69, 9.17) is 21.3 Å². The summed E-state index contributed by atoms with van der Waals surface area (Å²) in [5.41, 5.74) is 4.19. The molecule has 2 saturated heterocycles. The zero-order valence-corrected chi connectivity index (χ0v) is 26.2. The predicted octanol–water partition coefficient (Wildman–Crippen LogP) is 2.94. The number of likely N-dealkylation sites (N-methyl/N-ethyl adjacent to an activating group) is 2. The summed E-state index contributed by atoms with van der Waals surface area (Å²) >= 11 is 0. The Balaban J connectivity index is 1.29. The first-order valence-corrected chi connectivity index (χ1v) is 15.5. The number of hydrogen-bond acceptors (Lipinski definition) is 9. The van der Waals surface area contributed by atoms with Crippen molar-refractivity contribution in [1.82, 2.24) is 29.7 Å². The van der Waals surface area contributed by atoms with Gasteiger partial charge in [0.2, 0.25) is 6.54 Å². The van der Waals surface area contributed by atoms with E-state index in [1.54, 1.807) is 0 Å². The van der Waals surface area contributed by atoms with Gasteiger partial charge in [-0.3, -0.25) is 14.7 Å². The van der Waals surface area contributed by atoms with E-state index >= 15 is 0 Å². The molecule has 5 heterocycles. The Morgan fingerprint density at radius 1 is 1.18 bits per heavy atom. The molecule has 0 saturated carbocycles. The Morgan fingerprint density at radius 3 is 2.76 bits per heavy atom. The van der Waals surface area contributed by atoms with Gasteiger partial charge in [0, 0.05) is 74.4 Å². The third kappa shape index (κ3) is 6.28. The average molecular weight is 614 g/mol. The van der Waals surface area contributed by atoms with E-state index in [-0.39, 0.29) is 13.1 Å². The standard InChI is InChI=1S/C33H40FN9O2/c1-22-7-6-8-24-15-36-17-29(30(22)24)41-10-9-27-28(21-41)37-33(45-14-13-40(5)26-18-39(4)19-26)38-31(27)42-11-12-43(32(44)23(2)34)25(20-42)16-35-3/h6-8,15,17,25-26H,2,9-14,16,18-21H2,1,4-5H3/t25-/m0/s1. The number of carbonyl (C=O) groups excluding carboxylic acids is 1. The Kier molecular flexibility index (Phi) is 8.83. The molecule has 0 bridgehead atoms. The summed E-state index contributed by atoms with van der Waals surface area (Å²) in [6, 6.07) is 6.61. The number of anilines is 2. The molecule has 1 aromatic carbocycles. The number of piperazine rings is 1. The third-order valence-corrected chi connectivity index (χ3v) is 9.26. The maximum atomic E-state index is 13.8. The lowest BCUT2D eigenvalue weighted by molar-refractivity contribution is -0.131. The number of aromatic nitrogens is 3. The Hall–Kier alpha value is -4.34. The molecule has 236 valence electrons. The van der Waals surface area contributed by atoms with Gasteiger partial charge in [0.05, 0.1) is 24.1 Å². The van der Waals surface area contributed by atoms with Gasteiger partial charge in [-0.2, -0.15) is 9.97 Å². The lowest BCUT2D eigenvalue weighted by atomic mass is 10.0. The van der Waals surface area contributed by atoms with Crippen LogP contribution in [0.25, 0.3) is 15.6 Å².